The summed E-state index contributed by atoms with van der Waals surface area (Å²) < 4.78 is 10.9. The van der Waals surface area contributed by atoms with E-state index in [4.69, 9.17) is 9.26 Å². The first-order valence-electron chi connectivity index (χ1n) is 7.30. The van der Waals surface area contributed by atoms with E-state index in [-0.39, 0.29) is 11.5 Å². The number of nitrogens with one attached hydrogen (secondary N) is 1. The van der Waals surface area contributed by atoms with Gasteiger partial charge >= 0.3 is 0 Å². The van der Waals surface area contributed by atoms with Crippen molar-refractivity contribution in [1.82, 2.24) is 15.5 Å². The molecule has 0 aliphatic carbocycles. The second-order valence-electron chi connectivity index (χ2n) is 6.33. The average molecular weight is 287 g/mol. The van der Waals surface area contributed by atoms with Gasteiger partial charge in [0.05, 0.1) is 19.3 Å². The SMILES string of the molecule is CC(C)(C)c1ccccc1-c1nc(C2COCCN2)no1. The summed E-state index contributed by atoms with van der Waals surface area (Å²) in [4.78, 5) is 4.56. The summed E-state index contributed by atoms with van der Waals surface area (Å²) in [6.07, 6.45) is 0. The van der Waals surface area contributed by atoms with Gasteiger partial charge in [0, 0.05) is 12.1 Å². The predicted octanol–water partition coefficient (Wildman–Crippen LogP) is 2.70. The fraction of sp³-hybridized carbons (Fsp3) is 0.500. The molecule has 0 saturated carbocycles. The van der Waals surface area contributed by atoms with Crippen LogP contribution in [0, 0.1) is 0 Å². The summed E-state index contributed by atoms with van der Waals surface area (Å²) in [5.41, 5.74) is 2.23. The molecule has 112 valence electrons. The summed E-state index contributed by atoms with van der Waals surface area (Å²) in [5, 5.41) is 7.45. The van der Waals surface area contributed by atoms with E-state index in [2.05, 4.69) is 42.3 Å². The molecule has 1 aromatic carbocycles. The van der Waals surface area contributed by atoms with Crippen molar-refractivity contribution in [2.75, 3.05) is 19.8 Å². The molecular formula is C16H21N3O2. The highest BCUT2D eigenvalue weighted by Gasteiger charge is 2.24. The van der Waals surface area contributed by atoms with Crippen molar-refractivity contribution in [2.45, 2.75) is 32.2 Å². The van der Waals surface area contributed by atoms with Crippen LogP contribution in [0.2, 0.25) is 0 Å². The van der Waals surface area contributed by atoms with Crippen LogP contribution in [-0.2, 0) is 10.2 Å². The summed E-state index contributed by atoms with van der Waals surface area (Å²) in [6, 6.07) is 8.19. The van der Waals surface area contributed by atoms with Crippen molar-refractivity contribution >= 4 is 0 Å². The van der Waals surface area contributed by atoms with Gasteiger partial charge in [-0.05, 0) is 17.0 Å². The lowest BCUT2D eigenvalue weighted by Gasteiger charge is -2.21. The molecule has 0 amide bonds. The lowest BCUT2D eigenvalue weighted by atomic mass is 9.84. The van der Waals surface area contributed by atoms with Crippen molar-refractivity contribution in [1.29, 1.82) is 0 Å². The highest BCUT2D eigenvalue weighted by atomic mass is 16.5. The fourth-order valence-electron chi connectivity index (χ4n) is 2.54. The van der Waals surface area contributed by atoms with E-state index >= 15 is 0 Å². The van der Waals surface area contributed by atoms with Crippen LogP contribution in [0.5, 0.6) is 0 Å². The molecule has 1 unspecified atom stereocenters. The summed E-state index contributed by atoms with van der Waals surface area (Å²) in [6.45, 7) is 8.67. The monoisotopic (exact) mass is 287 g/mol. The first-order valence-corrected chi connectivity index (χ1v) is 7.30. The first kappa shape index (κ1) is 14.2. The minimum absolute atomic E-state index is 0.0121. The number of ether oxygens (including phenoxy) is 1. The Morgan fingerprint density at radius 2 is 2.05 bits per heavy atom. The number of hydrogen-bond acceptors (Lipinski definition) is 5. The van der Waals surface area contributed by atoms with Gasteiger partial charge in [-0.3, -0.25) is 0 Å². The van der Waals surface area contributed by atoms with Gasteiger partial charge in [-0.25, -0.2) is 0 Å². The Labute approximate surface area is 124 Å². The molecule has 5 nitrogen and oxygen atoms in total. The number of aromatic nitrogens is 2. The molecule has 1 aliphatic rings. The molecule has 1 saturated heterocycles. The third kappa shape index (κ3) is 2.99. The highest BCUT2D eigenvalue weighted by Crippen LogP contribution is 2.32. The third-order valence-corrected chi connectivity index (χ3v) is 3.64. The Bertz CT molecular complexity index is 610. The minimum atomic E-state index is 0.0121. The van der Waals surface area contributed by atoms with Gasteiger partial charge in [-0.2, -0.15) is 4.98 Å². The zero-order chi connectivity index (χ0) is 14.9. The first-order chi connectivity index (χ1) is 10.1. The van der Waals surface area contributed by atoms with Crippen molar-refractivity contribution < 1.29 is 9.26 Å². The largest absolute Gasteiger partial charge is 0.378 e. The number of morpholine rings is 1. The van der Waals surface area contributed by atoms with Crippen LogP contribution in [-0.4, -0.2) is 29.9 Å². The van der Waals surface area contributed by atoms with Gasteiger partial charge in [0.2, 0.25) is 0 Å². The average Bonchev–Trinajstić information content (AvgIpc) is 2.97. The lowest BCUT2D eigenvalue weighted by Crippen LogP contribution is -2.35. The summed E-state index contributed by atoms with van der Waals surface area (Å²) >= 11 is 0. The Morgan fingerprint density at radius 3 is 2.76 bits per heavy atom. The summed E-state index contributed by atoms with van der Waals surface area (Å²) in [7, 11) is 0. The molecule has 0 radical (unpaired) electrons. The fourth-order valence-corrected chi connectivity index (χ4v) is 2.54. The van der Waals surface area contributed by atoms with Crippen LogP contribution in [0.4, 0.5) is 0 Å². The predicted molar refractivity (Wildman–Crippen MR) is 80.0 cm³/mol. The van der Waals surface area contributed by atoms with Gasteiger partial charge in [0.15, 0.2) is 5.82 Å². The maximum absolute atomic E-state index is 5.48. The Hall–Kier alpha value is -1.72. The molecule has 1 fully saturated rings. The Kier molecular flexibility index (Phi) is 3.78. The van der Waals surface area contributed by atoms with Crippen LogP contribution in [0.25, 0.3) is 11.5 Å². The molecular weight excluding hydrogens is 266 g/mol. The number of benzene rings is 1. The molecule has 2 aromatic rings. The quantitative estimate of drug-likeness (QED) is 0.920. The molecule has 1 aromatic heterocycles. The van der Waals surface area contributed by atoms with Crippen molar-refractivity contribution in [2.24, 2.45) is 0 Å². The standard InChI is InChI=1S/C16H21N3O2/c1-16(2,3)12-7-5-4-6-11(12)15-18-14(19-21-15)13-10-20-9-8-17-13/h4-7,13,17H,8-10H2,1-3H3. The maximum Gasteiger partial charge on any atom is 0.258 e. The van der Waals surface area contributed by atoms with E-state index in [1.54, 1.807) is 0 Å². The molecule has 3 rings (SSSR count). The molecule has 2 heterocycles. The van der Waals surface area contributed by atoms with Crippen molar-refractivity contribution in [3.63, 3.8) is 0 Å². The van der Waals surface area contributed by atoms with E-state index in [1.807, 2.05) is 18.2 Å². The number of hydrogen-bond donors (Lipinski definition) is 1. The van der Waals surface area contributed by atoms with Gasteiger partial charge in [-0.1, -0.05) is 44.1 Å². The molecule has 0 spiro atoms. The van der Waals surface area contributed by atoms with Crippen LogP contribution >= 0.6 is 0 Å². The van der Waals surface area contributed by atoms with Crippen LogP contribution < -0.4 is 5.32 Å². The van der Waals surface area contributed by atoms with E-state index < -0.39 is 0 Å². The normalized spacial score (nSPS) is 19.7. The van der Waals surface area contributed by atoms with E-state index in [1.165, 1.54) is 5.56 Å². The van der Waals surface area contributed by atoms with Gasteiger partial charge in [-0.15, -0.1) is 0 Å². The zero-order valence-corrected chi connectivity index (χ0v) is 12.7. The van der Waals surface area contributed by atoms with E-state index in [0.29, 0.717) is 18.3 Å². The number of rotatable bonds is 2. The van der Waals surface area contributed by atoms with Crippen molar-refractivity contribution in [3.05, 3.63) is 35.7 Å². The topological polar surface area (TPSA) is 60.2 Å². The molecule has 1 atom stereocenters. The highest BCUT2D eigenvalue weighted by molar-refractivity contribution is 5.60. The van der Waals surface area contributed by atoms with Gasteiger partial charge in [0.1, 0.15) is 0 Å². The van der Waals surface area contributed by atoms with Crippen LogP contribution in [0.3, 0.4) is 0 Å². The molecule has 21 heavy (non-hydrogen) atoms. The number of nitrogens with zero attached hydrogens (tertiary/aromatic N) is 2. The second kappa shape index (κ2) is 5.58. The molecule has 1 N–H and O–H groups in total. The molecule has 1 aliphatic heterocycles. The van der Waals surface area contributed by atoms with E-state index in [0.717, 1.165) is 18.7 Å². The Morgan fingerprint density at radius 1 is 1.24 bits per heavy atom. The van der Waals surface area contributed by atoms with Gasteiger partial charge < -0.3 is 14.6 Å². The molecule has 5 heteroatoms. The minimum Gasteiger partial charge on any atom is -0.378 e. The third-order valence-electron chi connectivity index (χ3n) is 3.64. The Balaban J connectivity index is 1.93. The van der Waals surface area contributed by atoms with E-state index in [9.17, 15) is 0 Å². The second-order valence-corrected chi connectivity index (χ2v) is 6.33. The van der Waals surface area contributed by atoms with Crippen LogP contribution in [0.1, 0.15) is 38.2 Å². The van der Waals surface area contributed by atoms with Crippen molar-refractivity contribution in [3.8, 4) is 11.5 Å². The zero-order valence-electron chi connectivity index (χ0n) is 12.7. The van der Waals surface area contributed by atoms with Crippen LogP contribution in [0.15, 0.2) is 28.8 Å². The van der Waals surface area contributed by atoms with Gasteiger partial charge in [0.25, 0.3) is 5.89 Å². The smallest absolute Gasteiger partial charge is 0.258 e. The summed E-state index contributed by atoms with van der Waals surface area (Å²) in [5.74, 6) is 1.23. The lowest BCUT2D eigenvalue weighted by molar-refractivity contribution is 0.0734. The molecule has 0 bridgehead atoms. The maximum atomic E-state index is 5.48.